The minimum Gasteiger partial charge on any atom is -0.466 e. The van der Waals surface area contributed by atoms with Crippen molar-refractivity contribution < 1.29 is 4.42 Å². The molecule has 0 bridgehead atoms. The molecule has 20 heavy (non-hydrogen) atoms. The van der Waals surface area contributed by atoms with E-state index in [0.717, 1.165) is 31.0 Å². The quantitative estimate of drug-likeness (QED) is 0.889. The van der Waals surface area contributed by atoms with E-state index >= 15 is 0 Å². The van der Waals surface area contributed by atoms with Crippen LogP contribution in [0, 0.1) is 13.8 Å². The Morgan fingerprint density at radius 2 is 2.20 bits per heavy atom. The largest absolute Gasteiger partial charge is 0.466 e. The van der Waals surface area contributed by atoms with Crippen molar-refractivity contribution in [2.75, 3.05) is 11.9 Å². The molecular weight excluding hydrogens is 248 g/mol. The highest BCUT2D eigenvalue weighted by molar-refractivity contribution is 5.61. The number of fused-ring (bicyclic) bond motifs is 1. The predicted octanol–water partition coefficient (Wildman–Crippen LogP) is 3.72. The summed E-state index contributed by atoms with van der Waals surface area (Å²) in [4.78, 5) is 0. The average molecular weight is 270 g/mol. The van der Waals surface area contributed by atoms with E-state index in [1.165, 1.54) is 22.4 Å². The molecule has 1 atom stereocenters. The second-order valence-electron chi connectivity index (χ2n) is 5.60. The number of rotatable bonds is 4. The zero-order valence-corrected chi connectivity index (χ0v) is 12.4. The molecule has 2 N–H and O–H groups in total. The van der Waals surface area contributed by atoms with Gasteiger partial charge in [0.2, 0.25) is 0 Å². The Labute approximate surface area is 120 Å². The lowest BCUT2D eigenvalue weighted by Crippen LogP contribution is -2.19. The predicted molar refractivity (Wildman–Crippen MR) is 82.1 cm³/mol. The van der Waals surface area contributed by atoms with Crippen molar-refractivity contribution in [3.8, 4) is 0 Å². The van der Waals surface area contributed by atoms with E-state index in [-0.39, 0.29) is 0 Å². The van der Waals surface area contributed by atoms with Gasteiger partial charge in [0.25, 0.3) is 0 Å². The molecule has 2 aromatic rings. The van der Waals surface area contributed by atoms with Crippen LogP contribution in [0.25, 0.3) is 0 Å². The van der Waals surface area contributed by atoms with E-state index in [1.54, 1.807) is 0 Å². The molecule has 1 aliphatic rings. The van der Waals surface area contributed by atoms with Crippen LogP contribution in [0.2, 0.25) is 0 Å². The summed E-state index contributed by atoms with van der Waals surface area (Å²) >= 11 is 0. The van der Waals surface area contributed by atoms with Crippen molar-refractivity contribution in [3.05, 3.63) is 52.5 Å². The fourth-order valence-corrected chi connectivity index (χ4v) is 3.01. The van der Waals surface area contributed by atoms with Crippen molar-refractivity contribution >= 4 is 5.69 Å². The zero-order chi connectivity index (χ0) is 14.1. The van der Waals surface area contributed by atoms with Crippen LogP contribution in [-0.4, -0.2) is 6.54 Å². The van der Waals surface area contributed by atoms with Crippen molar-refractivity contribution in [1.29, 1.82) is 0 Å². The number of hydrogen-bond donors (Lipinski definition) is 2. The molecule has 0 amide bonds. The summed E-state index contributed by atoms with van der Waals surface area (Å²) in [5.41, 5.74) is 5.37. The number of para-hydroxylation sites is 1. The maximum absolute atomic E-state index is 5.61. The lowest BCUT2D eigenvalue weighted by atomic mass is 10.1. The summed E-state index contributed by atoms with van der Waals surface area (Å²) in [6, 6.07) is 8.99. The van der Waals surface area contributed by atoms with Gasteiger partial charge in [-0.2, -0.15) is 0 Å². The molecule has 1 aromatic heterocycles. The van der Waals surface area contributed by atoms with E-state index in [4.69, 9.17) is 4.42 Å². The number of furan rings is 1. The average Bonchev–Trinajstić information content (AvgIpc) is 3.02. The van der Waals surface area contributed by atoms with Crippen molar-refractivity contribution in [2.24, 2.45) is 0 Å². The molecule has 1 aliphatic heterocycles. The van der Waals surface area contributed by atoms with Crippen LogP contribution in [0.1, 0.15) is 41.2 Å². The van der Waals surface area contributed by atoms with E-state index in [1.807, 2.05) is 13.8 Å². The van der Waals surface area contributed by atoms with E-state index in [2.05, 4.69) is 41.8 Å². The molecule has 0 saturated heterocycles. The number of aryl methyl sites for hydroxylation is 2. The molecule has 2 heterocycles. The molecule has 106 valence electrons. The summed E-state index contributed by atoms with van der Waals surface area (Å²) in [6.45, 7) is 8.15. The lowest BCUT2D eigenvalue weighted by molar-refractivity contribution is 0.490. The van der Waals surface area contributed by atoms with Crippen LogP contribution in [0.5, 0.6) is 0 Å². The third-order valence-electron chi connectivity index (χ3n) is 4.08. The summed E-state index contributed by atoms with van der Waals surface area (Å²) < 4.78 is 5.61. The van der Waals surface area contributed by atoms with Crippen LogP contribution in [-0.2, 0) is 13.0 Å². The molecule has 0 spiro atoms. The Hall–Kier alpha value is -1.74. The maximum Gasteiger partial charge on any atom is 0.105 e. The highest BCUT2D eigenvalue weighted by Crippen LogP contribution is 2.27. The first-order valence-corrected chi connectivity index (χ1v) is 7.30. The topological polar surface area (TPSA) is 37.2 Å². The molecular formula is C17H22N2O. The van der Waals surface area contributed by atoms with Crippen LogP contribution in [0.4, 0.5) is 5.69 Å². The Balaban J connectivity index is 1.71. The van der Waals surface area contributed by atoms with Gasteiger partial charge in [0.15, 0.2) is 0 Å². The highest BCUT2D eigenvalue weighted by atomic mass is 16.3. The van der Waals surface area contributed by atoms with Gasteiger partial charge in [-0.15, -0.1) is 0 Å². The van der Waals surface area contributed by atoms with E-state index in [9.17, 15) is 0 Å². The van der Waals surface area contributed by atoms with Gasteiger partial charge in [-0.25, -0.2) is 0 Å². The Bertz CT molecular complexity index is 615. The fraction of sp³-hybridized carbons (Fsp3) is 0.412. The standard InChI is InChI=1S/C17H22N2O/c1-11-9-16(13(3)20-11)12(2)19-10-15-6-4-5-14-7-8-18-17(14)15/h4-6,9,12,18-19H,7-8,10H2,1-3H3. The van der Waals surface area contributed by atoms with Crippen LogP contribution >= 0.6 is 0 Å². The van der Waals surface area contributed by atoms with Gasteiger partial charge in [-0.1, -0.05) is 18.2 Å². The molecule has 1 aromatic carbocycles. The Morgan fingerprint density at radius 3 is 2.95 bits per heavy atom. The first-order valence-electron chi connectivity index (χ1n) is 7.30. The summed E-state index contributed by atoms with van der Waals surface area (Å²) in [5.74, 6) is 1.99. The maximum atomic E-state index is 5.61. The first kappa shape index (κ1) is 13.3. The minimum absolute atomic E-state index is 0.296. The van der Waals surface area contributed by atoms with Gasteiger partial charge >= 0.3 is 0 Å². The van der Waals surface area contributed by atoms with Gasteiger partial charge < -0.3 is 15.1 Å². The fourth-order valence-electron chi connectivity index (χ4n) is 3.01. The third kappa shape index (κ3) is 2.46. The molecule has 3 rings (SSSR count). The Morgan fingerprint density at radius 1 is 1.35 bits per heavy atom. The number of benzene rings is 1. The van der Waals surface area contributed by atoms with E-state index < -0.39 is 0 Å². The molecule has 0 radical (unpaired) electrons. The first-order chi connectivity index (χ1) is 9.65. The molecule has 3 nitrogen and oxygen atoms in total. The molecule has 3 heteroatoms. The summed E-state index contributed by atoms with van der Waals surface area (Å²) in [6.07, 6.45) is 1.14. The highest BCUT2D eigenvalue weighted by Gasteiger charge is 2.16. The second kappa shape index (κ2) is 5.33. The van der Waals surface area contributed by atoms with Gasteiger partial charge in [-0.05, 0) is 44.4 Å². The SMILES string of the molecule is Cc1cc(C(C)NCc2cccc3c2NCC3)c(C)o1. The van der Waals surface area contributed by atoms with Gasteiger partial charge in [-0.3, -0.25) is 0 Å². The third-order valence-corrected chi connectivity index (χ3v) is 4.08. The zero-order valence-electron chi connectivity index (χ0n) is 12.4. The number of anilines is 1. The summed E-state index contributed by atoms with van der Waals surface area (Å²) in [7, 11) is 0. The van der Waals surface area contributed by atoms with Gasteiger partial charge in [0.1, 0.15) is 11.5 Å². The van der Waals surface area contributed by atoms with Crippen LogP contribution < -0.4 is 10.6 Å². The second-order valence-corrected chi connectivity index (χ2v) is 5.60. The smallest absolute Gasteiger partial charge is 0.105 e. The molecule has 0 fully saturated rings. The van der Waals surface area contributed by atoms with Gasteiger partial charge in [0, 0.05) is 30.4 Å². The molecule has 0 saturated carbocycles. The monoisotopic (exact) mass is 270 g/mol. The summed E-state index contributed by atoms with van der Waals surface area (Å²) in [5, 5.41) is 7.09. The Kier molecular flexibility index (Phi) is 3.53. The normalized spacial score (nSPS) is 14.9. The number of nitrogens with one attached hydrogen (secondary N) is 2. The van der Waals surface area contributed by atoms with Crippen LogP contribution in [0.3, 0.4) is 0 Å². The minimum atomic E-state index is 0.296. The molecule has 1 unspecified atom stereocenters. The van der Waals surface area contributed by atoms with Gasteiger partial charge in [0.05, 0.1) is 0 Å². The van der Waals surface area contributed by atoms with Crippen molar-refractivity contribution in [1.82, 2.24) is 5.32 Å². The van der Waals surface area contributed by atoms with Crippen molar-refractivity contribution in [3.63, 3.8) is 0 Å². The van der Waals surface area contributed by atoms with E-state index in [0.29, 0.717) is 6.04 Å². The number of hydrogen-bond acceptors (Lipinski definition) is 3. The van der Waals surface area contributed by atoms with Crippen LogP contribution in [0.15, 0.2) is 28.7 Å². The molecule has 0 aliphatic carbocycles. The van der Waals surface area contributed by atoms with Crippen molar-refractivity contribution in [2.45, 2.75) is 39.8 Å². The lowest BCUT2D eigenvalue weighted by Gasteiger charge is -2.15.